The van der Waals surface area contributed by atoms with E-state index in [-0.39, 0.29) is 17.7 Å². The minimum Gasteiger partial charge on any atom is -0.352 e. The van der Waals surface area contributed by atoms with Crippen molar-refractivity contribution in [2.24, 2.45) is 5.73 Å². The summed E-state index contributed by atoms with van der Waals surface area (Å²) < 4.78 is 0. The molecular weight excluding hydrogens is 400 g/mol. The number of halogens is 1. The molecule has 7 heteroatoms. The Balaban J connectivity index is 1.55. The van der Waals surface area contributed by atoms with Gasteiger partial charge >= 0.3 is 0 Å². The molecule has 0 saturated heterocycles. The number of anilines is 1. The summed E-state index contributed by atoms with van der Waals surface area (Å²) in [6, 6.07) is 18.2. The van der Waals surface area contributed by atoms with Crippen LogP contribution in [0.2, 0.25) is 5.15 Å². The number of pyridine rings is 1. The number of rotatable bonds is 7. The lowest BCUT2D eigenvalue weighted by Gasteiger charge is -2.14. The van der Waals surface area contributed by atoms with Crippen LogP contribution in [0.4, 0.5) is 5.69 Å². The molecule has 6 nitrogen and oxygen atoms in total. The third kappa shape index (κ3) is 5.65. The normalized spacial score (nSPS) is 11.6. The number of nitrogens with zero attached hydrogens (tertiary/aromatic N) is 1. The zero-order valence-corrected chi connectivity index (χ0v) is 17.3. The number of nitrogens with two attached hydrogens (primary N) is 1. The van der Waals surface area contributed by atoms with E-state index in [0.717, 1.165) is 16.7 Å². The second kappa shape index (κ2) is 10.0. The van der Waals surface area contributed by atoms with Crippen molar-refractivity contribution in [1.29, 1.82) is 0 Å². The van der Waals surface area contributed by atoms with Crippen LogP contribution in [0.15, 0.2) is 66.9 Å². The molecule has 0 aliphatic rings. The summed E-state index contributed by atoms with van der Waals surface area (Å²) >= 11 is 5.74. The van der Waals surface area contributed by atoms with Crippen molar-refractivity contribution in [2.75, 3.05) is 5.32 Å². The van der Waals surface area contributed by atoms with Crippen LogP contribution in [-0.4, -0.2) is 16.8 Å². The first-order valence-corrected chi connectivity index (χ1v) is 9.92. The maximum Gasteiger partial charge on any atom is 0.257 e. The van der Waals surface area contributed by atoms with Gasteiger partial charge in [-0.1, -0.05) is 48.0 Å². The number of carbonyl (C=O) groups is 2. The third-order valence-electron chi connectivity index (χ3n) is 4.78. The van der Waals surface area contributed by atoms with E-state index in [4.69, 9.17) is 17.3 Å². The van der Waals surface area contributed by atoms with Crippen LogP contribution in [0.1, 0.15) is 39.9 Å². The Morgan fingerprint density at radius 1 is 1.00 bits per heavy atom. The minimum absolute atomic E-state index is 0.0677. The Bertz CT molecular complexity index is 1000. The lowest BCUT2D eigenvalue weighted by Crippen LogP contribution is -2.27. The molecule has 0 fully saturated rings. The molecule has 3 rings (SSSR count). The molecule has 1 heterocycles. The van der Waals surface area contributed by atoms with Gasteiger partial charge in [-0.3, -0.25) is 9.59 Å². The highest BCUT2D eigenvalue weighted by atomic mass is 35.5. The van der Waals surface area contributed by atoms with Gasteiger partial charge in [0.05, 0.1) is 11.5 Å². The maximum absolute atomic E-state index is 12.5. The summed E-state index contributed by atoms with van der Waals surface area (Å²) in [5, 5.41) is 6.08. The zero-order chi connectivity index (χ0) is 21.5. The Morgan fingerprint density at radius 2 is 1.67 bits per heavy atom. The molecule has 0 aliphatic heterocycles. The van der Waals surface area contributed by atoms with Crippen molar-refractivity contribution >= 4 is 29.1 Å². The summed E-state index contributed by atoms with van der Waals surface area (Å²) in [6.07, 6.45) is 1.42. The number of amides is 2. The predicted molar refractivity (Wildman–Crippen MR) is 118 cm³/mol. The van der Waals surface area contributed by atoms with Gasteiger partial charge in [-0.2, -0.15) is 0 Å². The molecule has 0 radical (unpaired) electrons. The number of benzene rings is 2. The van der Waals surface area contributed by atoms with Crippen molar-refractivity contribution in [3.8, 4) is 0 Å². The van der Waals surface area contributed by atoms with Crippen molar-refractivity contribution in [3.05, 3.63) is 94.3 Å². The Morgan fingerprint density at radius 3 is 2.27 bits per heavy atom. The van der Waals surface area contributed by atoms with E-state index < -0.39 is 0 Å². The molecule has 0 saturated carbocycles. The van der Waals surface area contributed by atoms with Crippen LogP contribution >= 0.6 is 11.6 Å². The van der Waals surface area contributed by atoms with Gasteiger partial charge in [-0.05, 0) is 47.9 Å². The monoisotopic (exact) mass is 422 g/mol. The van der Waals surface area contributed by atoms with Crippen molar-refractivity contribution < 1.29 is 9.59 Å². The van der Waals surface area contributed by atoms with Crippen LogP contribution in [-0.2, 0) is 17.9 Å². The van der Waals surface area contributed by atoms with Crippen LogP contribution in [0, 0.1) is 0 Å². The van der Waals surface area contributed by atoms with E-state index in [1.54, 1.807) is 24.3 Å². The molecule has 0 bridgehead atoms. The van der Waals surface area contributed by atoms with Crippen LogP contribution in [0.3, 0.4) is 0 Å². The molecule has 2 amide bonds. The van der Waals surface area contributed by atoms with Gasteiger partial charge in [-0.15, -0.1) is 0 Å². The van der Waals surface area contributed by atoms with E-state index in [0.29, 0.717) is 29.5 Å². The molecule has 1 aromatic heterocycles. The first-order chi connectivity index (χ1) is 14.5. The molecule has 2 aromatic carbocycles. The van der Waals surface area contributed by atoms with E-state index in [2.05, 4.69) is 15.6 Å². The molecule has 3 aromatic rings. The van der Waals surface area contributed by atoms with Gasteiger partial charge in [0, 0.05) is 25.0 Å². The molecule has 0 aliphatic carbocycles. The molecule has 30 heavy (non-hydrogen) atoms. The Kier molecular flexibility index (Phi) is 7.17. The second-order valence-electron chi connectivity index (χ2n) is 6.91. The van der Waals surface area contributed by atoms with Crippen molar-refractivity contribution in [2.45, 2.75) is 25.9 Å². The molecule has 0 spiro atoms. The minimum atomic E-state index is -0.321. The highest BCUT2D eigenvalue weighted by molar-refractivity contribution is 6.29. The number of hydrogen-bond acceptors (Lipinski definition) is 4. The number of carbonyl (C=O) groups excluding carboxylic acids is 2. The topological polar surface area (TPSA) is 97.1 Å². The van der Waals surface area contributed by atoms with E-state index in [1.807, 2.05) is 43.3 Å². The second-order valence-corrected chi connectivity index (χ2v) is 7.29. The molecule has 1 atom stereocenters. The molecule has 154 valence electrons. The van der Waals surface area contributed by atoms with E-state index in [9.17, 15) is 9.59 Å². The molecule has 1 unspecified atom stereocenters. The van der Waals surface area contributed by atoms with Gasteiger partial charge < -0.3 is 16.4 Å². The highest BCUT2D eigenvalue weighted by Gasteiger charge is 2.15. The number of aromatic nitrogens is 1. The first kappa shape index (κ1) is 21.5. The van der Waals surface area contributed by atoms with Crippen molar-refractivity contribution in [1.82, 2.24) is 10.3 Å². The summed E-state index contributed by atoms with van der Waals surface area (Å²) in [7, 11) is 0. The van der Waals surface area contributed by atoms with Crippen LogP contribution < -0.4 is 16.4 Å². The SMILES string of the molecule is CC(C(=O)NCc1ccc(CN)cc1)c1ccc(NC(=O)c2ccc(Cl)nc2)cc1. The average Bonchev–Trinajstić information content (AvgIpc) is 2.78. The standard InChI is InChI=1S/C23H23ClN4O2/c1-15(22(29)27-13-17-4-2-16(12-25)3-5-17)18-6-9-20(10-7-18)28-23(30)19-8-11-21(24)26-14-19/h2-11,14-15H,12-13,25H2,1H3,(H,27,29)(H,28,30). The fourth-order valence-electron chi connectivity index (χ4n) is 2.86. The van der Waals surface area contributed by atoms with Crippen LogP contribution in [0.5, 0.6) is 0 Å². The van der Waals surface area contributed by atoms with E-state index in [1.165, 1.54) is 6.20 Å². The lowest BCUT2D eigenvalue weighted by molar-refractivity contribution is -0.122. The fourth-order valence-corrected chi connectivity index (χ4v) is 2.97. The smallest absolute Gasteiger partial charge is 0.257 e. The fraction of sp³-hybridized carbons (Fsp3) is 0.174. The Labute approximate surface area is 180 Å². The van der Waals surface area contributed by atoms with Crippen molar-refractivity contribution in [3.63, 3.8) is 0 Å². The van der Waals surface area contributed by atoms with Gasteiger partial charge in [0.2, 0.25) is 5.91 Å². The van der Waals surface area contributed by atoms with E-state index >= 15 is 0 Å². The average molecular weight is 423 g/mol. The lowest BCUT2D eigenvalue weighted by atomic mass is 10.00. The van der Waals surface area contributed by atoms with Gasteiger partial charge in [0.15, 0.2) is 0 Å². The summed E-state index contributed by atoms with van der Waals surface area (Å²) in [5.41, 5.74) is 9.57. The summed E-state index contributed by atoms with van der Waals surface area (Å²) in [5.74, 6) is -0.668. The number of hydrogen-bond donors (Lipinski definition) is 3. The molecule has 4 N–H and O–H groups in total. The summed E-state index contributed by atoms with van der Waals surface area (Å²) in [4.78, 5) is 28.6. The Hall–Kier alpha value is -3.22. The third-order valence-corrected chi connectivity index (χ3v) is 5.00. The summed E-state index contributed by atoms with van der Waals surface area (Å²) in [6.45, 7) is 2.80. The molecular formula is C23H23ClN4O2. The van der Waals surface area contributed by atoms with Gasteiger partial charge in [-0.25, -0.2) is 4.98 Å². The highest BCUT2D eigenvalue weighted by Crippen LogP contribution is 2.19. The van der Waals surface area contributed by atoms with Gasteiger partial charge in [0.25, 0.3) is 5.91 Å². The first-order valence-electron chi connectivity index (χ1n) is 9.54. The van der Waals surface area contributed by atoms with Gasteiger partial charge in [0.1, 0.15) is 5.15 Å². The maximum atomic E-state index is 12.5. The van der Waals surface area contributed by atoms with Crippen LogP contribution in [0.25, 0.3) is 0 Å². The number of nitrogens with one attached hydrogen (secondary N) is 2. The predicted octanol–water partition coefficient (Wildman–Crippen LogP) is 3.87. The quantitative estimate of drug-likeness (QED) is 0.503. The largest absolute Gasteiger partial charge is 0.352 e. The zero-order valence-electron chi connectivity index (χ0n) is 16.6.